The Labute approximate surface area is 119 Å². The van der Waals surface area contributed by atoms with Gasteiger partial charge >= 0.3 is 0 Å². The molecule has 2 aromatic rings. The van der Waals surface area contributed by atoms with Gasteiger partial charge in [0.15, 0.2) is 0 Å². The highest BCUT2D eigenvalue weighted by Crippen LogP contribution is 2.25. The average Bonchev–Trinajstić information content (AvgIpc) is 2.92. The van der Waals surface area contributed by atoms with E-state index in [-0.39, 0.29) is 0 Å². The Balaban J connectivity index is 1.63. The van der Waals surface area contributed by atoms with Crippen molar-refractivity contribution in [1.82, 2.24) is 20.2 Å². The minimum absolute atomic E-state index is 0.610. The van der Waals surface area contributed by atoms with Crippen LogP contribution < -0.4 is 5.32 Å². The highest BCUT2D eigenvalue weighted by molar-refractivity contribution is 5.48. The first-order valence-corrected chi connectivity index (χ1v) is 7.41. The summed E-state index contributed by atoms with van der Waals surface area (Å²) in [6.07, 6.45) is 8.20. The molecule has 0 bridgehead atoms. The highest BCUT2D eigenvalue weighted by Gasteiger charge is 2.15. The molecule has 1 fully saturated rings. The van der Waals surface area contributed by atoms with Crippen LogP contribution in [0.4, 0.5) is 5.69 Å². The van der Waals surface area contributed by atoms with Crippen LogP contribution in [-0.4, -0.2) is 26.2 Å². The largest absolute Gasteiger partial charge is 0.382 e. The molecule has 2 unspecified atom stereocenters. The van der Waals surface area contributed by atoms with E-state index < -0.39 is 0 Å². The minimum Gasteiger partial charge on any atom is -0.382 e. The van der Waals surface area contributed by atoms with Crippen LogP contribution in [0.1, 0.15) is 39.0 Å². The molecule has 1 N–H and O–H groups in total. The predicted octanol–water partition coefficient (Wildman–Crippen LogP) is 3.04. The van der Waals surface area contributed by atoms with Gasteiger partial charge in [-0.05, 0) is 59.9 Å². The first kappa shape index (κ1) is 13.1. The van der Waals surface area contributed by atoms with Crippen LogP contribution in [0.25, 0.3) is 5.69 Å². The Hall–Kier alpha value is -1.91. The standard InChI is InChI=1S/C15H21N5/c1-12-3-2-4-13(6-5-12)17-14-7-9-15(10-8-14)20-11-16-18-19-20/h7-13,17H,2-6H2,1H3. The zero-order valence-electron chi connectivity index (χ0n) is 11.9. The van der Waals surface area contributed by atoms with Crippen molar-refractivity contribution in [1.29, 1.82) is 0 Å². The number of benzene rings is 1. The van der Waals surface area contributed by atoms with Gasteiger partial charge in [0.1, 0.15) is 6.33 Å². The van der Waals surface area contributed by atoms with Gasteiger partial charge in [-0.1, -0.05) is 19.8 Å². The number of rotatable bonds is 3. The van der Waals surface area contributed by atoms with Crippen LogP contribution in [0.3, 0.4) is 0 Å². The van der Waals surface area contributed by atoms with E-state index in [1.165, 1.54) is 37.8 Å². The second-order valence-electron chi connectivity index (χ2n) is 5.76. The van der Waals surface area contributed by atoms with Gasteiger partial charge < -0.3 is 5.32 Å². The SMILES string of the molecule is CC1CCCC(Nc2ccc(-n3cnnn3)cc2)CC1. The van der Waals surface area contributed by atoms with Crippen molar-refractivity contribution < 1.29 is 0 Å². The molecule has 1 aromatic heterocycles. The van der Waals surface area contributed by atoms with Gasteiger partial charge in [0.2, 0.25) is 0 Å². The van der Waals surface area contributed by atoms with Crippen molar-refractivity contribution in [2.75, 3.05) is 5.32 Å². The van der Waals surface area contributed by atoms with E-state index in [0.717, 1.165) is 11.6 Å². The lowest BCUT2D eigenvalue weighted by atomic mass is 10.0. The molecule has 1 aliphatic carbocycles. The van der Waals surface area contributed by atoms with E-state index in [2.05, 4.69) is 39.9 Å². The van der Waals surface area contributed by atoms with E-state index in [1.54, 1.807) is 11.0 Å². The van der Waals surface area contributed by atoms with Gasteiger partial charge in [-0.2, -0.15) is 0 Å². The van der Waals surface area contributed by atoms with Crippen molar-refractivity contribution in [3.63, 3.8) is 0 Å². The lowest BCUT2D eigenvalue weighted by molar-refractivity contribution is 0.502. The summed E-state index contributed by atoms with van der Waals surface area (Å²) in [5.41, 5.74) is 2.16. The third-order valence-electron chi connectivity index (χ3n) is 4.11. The van der Waals surface area contributed by atoms with E-state index in [4.69, 9.17) is 0 Å². The lowest BCUT2D eigenvalue weighted by Gasteiger charge is -2.18. The van der Waals surface area contributed by atoms with Crippen molar-refractivity contribution in [2.24, 2.45) is 5.92 Å². The maximum Gasteiger partial charge on any atom is 0.143 e. The summed E-state index contributed by atoms with van der Waals surface area (Å²) < 4.78 is 1.66. The molecule has 1 saturated carbocycles. The molecule has 5 nitrogen and oxygen atoms in total. The van der Waals surface area contributed by atoms with E-state index >= 15 is 0 Å². The fourth-order valence-electron chi connectivity index (χ4n) is 2.86. The van der Waals surface area contributed by atoms with Crippen LogP contribution in [0.5, 0.6) is 0 Å². The molecule has 5 heteroatoms. The summed E-state index contributed by atoms with van der Waals surface area (Å²) >= 11 is 0. The summed E-state index contributed by atoms with van der Waals surface area (Å²) in [7, 11) is 0. The summed E-state index contributed by atoms with van der Waals surface area (Å²) in [5, 5.41) is 14.8. The maximum atomic E-state index is 3.89. The van der Waals surface area contributed by atoms with Gasteiger partial charge in [0.05, 0.1) is 5.69 Å². The molecular weight excluding hydrogens is 250 g/mol. The minimum atomic E-state index is 0.610. The molecule has 106 valence electrons. The molecule has 0 amide bonds. The molecule has 0 spiro atoms. The number of hydrogen-bond acceptors (Lipinski definition) is 4. The van der Waals surface area contributed by atoms with Crippen molar-refractivity contribution >= 4 is 5.69 Å². The van der Waals surface area contributed by atoms with E-state index in [0.29, 0.717) is 6.04 Å². The average molecular weight is 271 g/mol. The monoisotopic (exact) mass is 271 g/mol. The Morgan fingerprint density at radius 2 is 1.95 bits per heavy atom. The molecular formula is C15H21N5. The Kier molecular flexibility index (Phi) is 3.95. The smallest absolute Gasteiger partial charge is 0.143 e. The van der Waals surface area contributed by atoms with Crippen molar-refractivity contribution in [3.05, 3.63) is 30.6 Å². The third-order valence-corrected chi connectivity index (χ3v) is 4.11. The quantitative estimate of drug-likeness (QED) is 0.872. The van der Waals surface area contributed by atoms with Crippen LogP contribution in [0.2, 0.25) is 0 Å². The van der Waals surface area contributed by atoms with Crippen LogP contribution >= 0.6 is 0 Å². The molecule has 1 aromatic carbocycles. The Morgan fingerprint density at radius 1 is 1.10 bits per heavy atom. The molecule has 1 heterocycles. The van der Waals surface area contributed by atoms with Crippen LogP contribution in [0.15, 0.2) is 30.6 Å². The Morgan fingerprint density at radius 3 is 2.70 bits per heavy atom. The third kappa shape index (κ3) is 3.15. The van der Waals surface area contributed by atoms with Crippen LogP contribution in [-0.2, 0) is 0 Å². The Bertz CT molecular complexity index is 520. The predicted molar refractivity (Wildman–Crippen MR) is 78.8 cm³/mol. The summed E-state index contributed by atoms with van der Waals surface area (Å²) in [4.78, 5) is 0. The lowest BCUT2D eigenvalue weighted by Crippen LogP contribution is -2.18. The van der Waals surface area contributed by atoms with Crippen molar-refractivity contribution in [2.45, 2.75) is 45.1 Å². The number of nitrogens with zero attached hydrogens (tertiary/aromatic N) is 4. The van der Waals surface area contributed by atoms with Crippen LogP contribution in [0, 0.1) is 5.92 Å². The van der Waals surface area contributed by atoms with Gasteiger partial charge in [-0.15, -0.1) is 5.10 Å². The van der Waals surface area contributed by atoms with Gasteiger partial charge in [0.25, 0.3) is 0 Å². The first-order valence-electron chi connectivity index (χ1n) is 7.41. The summed E-state index contributed by atoms with van der Waals surface area (Å²) in [6.45, 7) is 2.36. The zero-order valence-corrected chi connectivity index (χ0v) is 11.9. The molecule has 0 saturated heterocycles. The fourth-order valence-corrected chi connectivity index (χ4v) is 2.86. The molecule has 20 heavy (non-hydrogen) atoms. The second kappa shape index (κ2) is 6.03. The number of anilines is 1. The normalized spacial score (nSPS) is 23.2. The van der Waals surface area contributed by atoms with E-state index in [1.807, 2.05) is 12.1 Å². The number of nitrogens with one attached hydrogen (secondary N) is 1. The van der Waals surface area contributed by atoms with Gasteiger partial charge in [-0.3, -0.25) is 0 Å². The fraction of sp³-hybridized carbons (Fsp3) is 0.533. The number of hydrogen-bond donors (Lipinski definition) is 1. The molecule has 0 aliphatic heterocycles. The second-order valence-corrected chi connectivity index (χ2v) is 5.76. The highest BCUT2D eigenvalue weighted by atomic mass is 15.5. The zero-order chi connectivity index (χ0) is 13.8. The molecule has 1 aliphatic rings. The van der Waals surface area contributed by atoms with E-state index in [9.17, 15) is 0 Å². The number of tetrazole rings is 1. The maximum absolute atomic E-state index is 3.89. The molecule has 3 rings (SSSR count). The van der Waals surface area contributed by atoms with Gasteiger partial charge in [0, 0.05) is 11.7 Å². The molecule has 0 radical (unpaired) electrons. The molecule has 2 atom stereocenters. The summed E-state index contributed by atoms with van der Waals surface area (Å²) in [5.74, 6) is 0.879. The number of aromatic nitrogens is 4. The topological polar surface area (TPSA) is 55.6 Å². The summed E-state index contributed by atoms with van der Waals surface area (Å²) in [6, 6.07) is 8.89. The first-order chi connectivity index (χ1) is 9.81. The van der Waals surface area contributed by atoms with Gasteiger partial charge in [-0.25, -0.2) is 4.68 Å². The van der Waals surface area contributed by atoms with Crippen molar-refractivity contribution in [3.8, 4) is 5.69 Å².